The molecule has 6 unspecified atom stereocenters. The third-order valence-electron chi connectivity index (χ3n) is 7.58. The molecule has 1 heterocycles. The molecule has 164 valence electrons. The first kappa shape index (κ1) is 21.2. The summed E-state index contributed by atoms with van der Waals surface area (Å²) in [7, 11) is 0. The average molecular weight is 506 g/mol. The van der Waals surface area contributed by atoms with Gasteiger partial charge in [0.1, 0.15) is 0 Å². The van der Waals surface area contributed by atoms with Crippen molar-refractivity contribution in [2.45, 2.75) is 39.0 Å². The van der Waals surface area contributed by atoms with E-state index in [0.717, 1.165) is 35.0 Å². The average Bonchev–Trinajstić information content (AvgIpc) is 3.52. The highest BCUT2D eigenvalue weighted by Gasteiger charge is 2.66. The number of carbonyl (C=O) groups is 3. The summed E-state index contributed by atoms with van der Waals surface area (Å²) >= 11 is 9.49. The number of aryl methyl sites for hydroxylation is 1. The third kappa shape index (κ3) is 3.66. The van der Waals surface area contributed by atoms with Gasteiger partial charge in [-0.15, -0.1) is 0 Å². The number of rotatable bonds is 7. The number of halogens is 2. The van der Waals surface area contributed by atoms with Gasteiger partial charge in [0.25, 0.3) is 0 Å². The second-order valence-electron chi connectivity index (χ2n) is 9.42. The number of carbonyl (C=O) groups excluding carboxylic acids is 3. The lowest BCUT2D eigenvalue weighted by Gasteiger charge is -2.37. The van der Waals surface area contributed by atoms with Crippen LogP contribution in [0.2, 0.25) is 5.02 Å². The monoisotopic (exact) mass is 504 g/mol. The third-order valence-corrected chi connectivity index (χ3v) is 8.78. The molecule has 6 atom stereocenters. The Morgan fingerprint density at radius 2 is 1.74 bits per heavy atom. The van der Waals surface area contributed by atoms with Gasteiger partial charge >= 0.3 is 0 Å². The first-order chi connectivity index (χ1) is 14.9. The summed E-state index contributed by atoms with van der Waals surface area (Å²) in [5.74, 6) is 1.63. The minimum absolute atomic E-state index is 0.0417. The number of unbranched alkanes of at least 4 members (excludes halogenated alkanes) is 2. The van der Waals surface area contributed by atoms with Gasteiger partial charge in [-0.2, -0.15) is 0 Å². The maximum absolute atomic E-state index is 13.0. The molecule has 0 radical (unpaired) electrons. The summed E-state index contributed by atoms with van der Waals surface area (Å²) in [6, 6.07) is 3.62. The van der Waals surface area contributed by atoms with Crippen LogP contribution in [0.4, 0.5) is 5.69 Å². The Labute approximate surface area is 195 Å². The van der Waals surface area contributed by atoms with E-state index in [1.54, 1.807) is 6.07 Å². The Morgan fingerprint density at radius 1 is 1.10 bits per heavy atom. The molecule has 2 bridgehead atoms. The van der Waals surface area contributed by atoms with E-state index in [0.29, 0.717) is 29.8 Å². The van der Waals surface area contributed by atoms with Gasteiger partial charge in [-0.25, -0.2) is 0 Å². The summed E-state index contributed by atoms with van der Waals surface area (Å²) in [5.41, 5.74) is 1.66. The Hall–Kier alpha value is -1.66. The molecule has 1 aliphatic heterocycles. The second-order valence-corrected chi connectivity index (χ2v) is 10.7. The summed E-state index contributed by atoms with van der Waals surface area (Å²) in [5, 5.41) is 3.47. The summed E-state index contributed by atoms with van der Waals surface area (Å²) in [6.07, 6.45) is 8.25. The standard InChI is InChI=1S/C24H26BrClN2O3/c1-12-9-17(25)18(26)11-19(12)27-20(29)5-3-2-4-8-28-23(30)21-13-6-7-14(16-10-15(13)16)22(21)24(28)31/h6-7,9,11,13-16,21-22H,2-5,8,10H2,1H3,(H,27,29). The lowest BCUT2D eigenvalue weighted by molar-refractivity contribution is -0.140. The molecule has 7 heteroatoms. The van der Waals surface area contributed by atoms with Crippen LogP contribution in [0, 0.1) is 42.4 Å². The largest absolute Gasteiger partial charge is 0.326 e. The lowest BCUT2D eigenvalue weighted by atomic mass is 9.63. The first-order valence-corrected chi connectivity index (χ1v) is 12.3. The van der Waals surface area contributed by atoms with Crippen molar-refractivity contribution in [2.75, 3.05) is 11.9 Å². The number of hydrogen-bond donors (Lipinski definition) is 1. The highest BCUT2D eigenvalue weighted by molar-refractivity contribution is 9.10. The van der Waals surface area contributed by atoms with Gasteiger partial charge in [0, 0.05) is 23.1 Å². The van der Waals surface area contributed by atoms with Gasteiger partial charge in [0.15, 0.2) is 0 Å². The molecule has 1 saturated heterocycles. The van der Waals surface area contributed by atoms with Crippen molar-refractivity contribution in [2.24, 2.45) is 35.5 Å². The Morgan fingerprint density at radius 3 is 2.39 bits per heavy atom. The summed E-state index contributed by atoms with van der Waals surface area (Å²) < 4.78 is 0.802. The number of hydrogen-bond acceptors (Lipinski definition) is 3. The van der Waals surface area contributed by atoms with Crippen molar-refractivity contribution in [1.29, 1.82) is 0 Å². The number of benzene rings is 1. The van der Waals surface area contributed by atoms with E-state index in [-0.39, 0.29) is 41.4 Å². The quantitative estimate of drug-likeness (QED) is 0.323. The Balaban J connectivity index is 1.08. The summed E-state index contributed by atoms with van der Waals surface area (Å²) in [4.78, 5) is 39.7. The van der Waals surface area contributed by atoms with E-state index in [9.17, 15) is 14.4 Å². The van der Waals surface area contributed by atoms with E-state index in [4.69, 9.17) is 11.6 Å². The van der Waals surface area contributed by atoms with Crippen molar-refractivity contribution in [3.63, 3.8) is 0 Å². The lowest BCUT2D eigenvalue weighted by Crippen LogP contribution is -2.40. The van der Waals surface area contributed by atoms with E-state index in [1.807, 2.05) is 13.0 Å². The topological polar surface area (TPSA) is 66.5 Å². The predicted octanol–water partition coefficient (Wildman–Crippen LogP) is 4.96. The number of amides is 3. The fourth-order valence-corrected chi connectivity index (χ4v) is 6.59. The van der Waals surface area contributed by atoms with Crippen molar-refractivity contribution < 1.29 is 14.4 Å². The van der Waals surface area contributed by atoms with Gasteiger partial charge in [0.2, 0.25) is 17.7 Å². The molecule has 31 heavy (non-hydrogen) atoms. The van der Waals surface area contributed by atoms with Crippen LogP contribution in [-0.4, -0.2) is 29.2 Å². The van der Waals surface area contributed by atoms with Gasteiger partial charge in [-0.3, -0.25) is 19.3 Å². The molecule has 3 amide bonds. The number of anilines is 1. The Bertz CT molecular complexity index is 957. The molecule has 5 nitrogen and oxygen atoms in total. The van der Waals surface area contributed by atoms with E-state index >= 15 is 0 Å². The molecule has 1 aromatic carbocycles. The molecule has 5 aliphatic rings. The summed E-state index contributed by atoms with van der Waals surface area (Å²) in [6.45, 7) is 2.39. The molecule has 1 aromatic rings. The smallest absolute Gasteiger partial charge is 0.233 e. The maximum atomic E-state index is 13.0. The molecule has 3 fully saturated rings. The van der Waals surface area contributed by atoms with Crippen molar-refractivity contribution in [3.05, 3.63) is 39.3 Å². The zero-order valence-electron chi connectivity index (χ0n) is 17.4. The molecule has 0 spiro atoms. The molecule has 4 aliphatic carbocycles. The van der Waals surface area contributed by atoms with Crippen LogP contribution in [0.5, 0.6) is 0 Å². The van der Waals surface area contributed by atoms with Gasteiger partial charge in [0.05, 0.1) is 16.9 Å². The van der Waals surface area contributed by atoms with Crippen LogP contribution in [0.1, 0.15) is 37.7 Å². The SMILES string of the molecule is Cc1cc(Br)c(Cl)cc1NC(=O)CCCCCN1C(=O)C2C3C=CC(C4CC34)C2C1=O. The van der Waals surface area contributed by atoms with Gasteiger partial charge in [-0.1, -0.05) is 30.2 Å². The number of imide groups is 1. The van der Waals surface area contributed by atoms with Gasteiger partial charge in [-0.05, 0) is 83.5 Å². The predicted molar refractivity (Wildman–Crippen MR) is 122 cm³/mol. The van der Waals surface area contributed by atoms with Crippen LogP contribution >= 0.6 is 27.5 Å². The molecule has 2 saturated carbocycles. The number of allylic oxidation sites excluding steroid dienone is 2. The Kier molecular flexibility index (Phi) is 5.50. The van der Waals surface area contributed by atoms with Crippen molar-refractivity contribution in [1.82, 2.24) is 4.90 Å². The molecular weight excluding hydrogens is 480 g/mol. The van der Waals surface area contributed by atoms with Crippen LogP contribution in [0.15, 0.2) is 28.8 Å². The zero-order valence-corrected chi connectivity index (χ0v) is 19.8. The van der Waals surface area contributed by atoms with E-state index in [1.165, 1.54) is 11.3 Å². The van der Waals surface area contributed by atoms with Crippen molar-refractivity contribution >= 4 is 50.9 Å². The van der Waals surface area contributed by atoms with E-state index in [2.05, 4.69) is 33.4 Å². The van der Waals surface area contributed by atoms with Gasteiger partial charge < -0.3 is 5.32 Å². The number of likely N-dealkylation sites (tertiary alicyclic amines) is 1. The highest BCUT2D eigenvalue weighted by Crippen LogP contribution is 2.65. The second kappa shape index (κ2) is 8.04. The number of nitrogens with one attached hydrogen (secondary N) is 1. The maximum Gasteiger partial charge on any atom is 0.233 e. The minimum Gasteiger partial charge on any atom is -0.326 e. The van der Waals surface area contributed by atoms with Crippen molar-refractivity contribution in [3.8, 4) is 0 Å². The number of nitrogens with zero attached hydrogens (tertiary/aromatic N) is 1. The zero-order chi connectivity index (χ0) is 21.9. The first-order valence-electron chi connectivity index (χ1n) is 11.2. The minimum atomic E-state index is -0.113. The fraction of sp³-hybridized carbons (Fsp3) is 0.542. The normalized spacial score (nSPS) is 32.3. The molecule has 6 rings (SSSR count). The highest BCUT2D eigenvalue weighted by atomic mass is 79.9. The van der Waals surface area contributed by atoms with Crippen LogP contribution in [0.3, 0.4) is 0 Å². The molecule has 1 N–H and O–H groups in total. The molecular formula is C24H26BrClN2O3. The van der Waals surface area contributed by atoms with Crippen LogP contribution < -0.4 is 5.32 Å². The fourth-order valence-electron chi connectivity index (χ4n) is 5.97. The van der Waals surface area contributed by atoms with Crippen LogP contribution in [-0.2, 0) is 14.4 Å². The van der Waals surface area contributed by atoms with Crippen LogP contribution in [0.25, 0.3) is 0 Å². The van der Waals surface area contributed by atoms with E-state index < -0.39 is 0 Å². The molecule has 0 aromatic heterocycles.